The number of hydrogen-bond donors (Lipinski definition) is 0. The van der Waals surface area contributed by atoms with Crippen molar-refractivity contribution in [3.63, 3.8) is 0 Å². The number of hydrogen-bond acceptors (Lipinski definition) is 3. The fourth-order valence-corrected chi connectivity index (χ4v) is 2.88. The maximum atomic E-state index is 5.74. The van der Waals surface area contributed by atoms with E-state index in [-0.39, 0.29) is 0 Å². The highest BCUT2D eigenvalue weighted by Gasteiger charge is 2.18. The zero-order chi connectivity index (χ0) is 15.4. The Hall–Kier alpha value is -2.00. The summed E-state index contributed by atoms with van der Waals surface area (Å²) in [6, 6.07) is 17.0. The van der Waals surface area contributed by atoms with Gasteiger partial charge in [-0.05, 0) is 50.3 Å². The molecule has 0 saturated carbocycles. The molecule has 1 atom stereocenters. The minimum atomic E-state index is 0.374. The van der Waals surface area contributed by atoms with Crippen LogP contribution in [0.1, 0.15) is 23.5 Å². The van der Waals surface area contributed by atoms with Crippen molar-refractivity contribution in [2.24, 2.45) is 0 Å². The second-order valence-corrected chi connectivity index (χ2v) is 5.96. The van der Waals surface area contributed by atoms with Crippen molar-refractivity contribution >= 4 is 0 Å². The summed E-state index contributed by atoms with van der Waals surface area (Å²) >= 11 is 0. The van der Waals surface area contributed by atoms with Gasteiger partial charge in [-0.2, -0.15) is 0 Å². The van der Waals surface area contributed by atoms with Crippen LogP contribution in [0.15, 0.2) is 48.5 Å². The Morgan fingerprint density at radius 3 is 2.36 bits per heavy atom. The summed E-state index contributed by atoms with van der Waals surface area (Å²) in [6.07, 6.45) is 1.08. The van der Waals surface area contributed by atoms with Crippen LogP contribution < -0.4 is 9.47 Å². The maximum absolute atomic E-state index is 5.74. The Bertz CT molecular complexity index is 610. The van der Waals surface area contributed by atoms with Crippen LogP contribution in [0.4, 0.5) is 0 Å². The molecule has 22 heavy (non-hydrogen) atoms. The van der Waals surface area contributed by atoms with Crippen LogP contribution in [-0.4, -0.2) is 38.8 Å². The third-order valence-electron chi connectivity index (χ3n) is 4.04. The van der Waals surface area contributed by atoms with E-state index < -0.39 is 0 Å². The molecule has 0 saturated heterocycles. The quantitative estimate of drug-likeness (QED) is 0.842. The number of nitrogens with zero attached hydrogens (tertiary/aromatic N) is 1. The van der Waals surface area contributed by atoms with E-state index in [1.165, 1.54) is 11.1 Å². The molecular weight excluding hydrogens is 274 g/mol. The Morgan fingerprint density at radius 1 is 0.909 bits per heavy atom. The third-order valence-corrected chi connectivity index (χ3v) is 4.04. The Labute approximate surface area is 132 Å². The van der Waals surface area contributed by atoms with Crippen molar-refractivity contribution < 1.29 is 9.47 Å². The van der Waals surface area contributed by atoms with Gasteiger partial charge in [-0.25, -0.2) is 0 Å². The average Bonchev–Trinajstić information content (AvgIpc) is 2.55. The molecule has 0 bridgehead atoms. The van der Waals surface area contributed by atoms with Crippen molar-refractivity contribution in [2.45, 2.75) is 12.3 Å². The van der Waals surface area contributed by atoms with Gasteiger partial charge >= 0.3 is 0 Å². The van der Waals surface area contributed by atoms with E-state index in [1.807, 2.05) is 6.07 Å². The molecule has 1 aliphatic rings. The van der Waals surface area contributed by atoms with Crippen LogP contribution in [-0.2, 0) is 0 Å². The van der Waals surface area contributed by atoms with Crippen LogP contribution in [0.25, 0.3) is 0 Å². The molecule has 1 unspecified atom stereocenters. The smallest absolute Gasteiger partial charge is 0.161 e. The van der Waals surface area contributed by atoms with E-state index in [4.69, 9.17) is 9.47 Å². The third kappa shape index (κ3) is 3.42. The van der Waals surface area contributed by atoms with Gasteiger partial charge in [0.05, 0.1) is 0 Å². The van der Waals surface area contributed by atoms with Gasteiger partial charge < -0.3 is 14.4 Å². The van der Waals surface area contributed by atoms with E-state index in [1.54, 1.807) is 0 Å². The van der Waals surface area contributed by atoms with Crippen LogP contribution in [0, 0.1) is 0 Å². The van der Waals surface area contributed by atoms with Gasteiger partial charge in [-0.1, -0.05) is 36.4 Å². The molecular formula is C19H23NO2. The van der Waals surface area contributed by atoms with Crippen LogP contribution >= 0.6 is 0 Å². The molecule has 0 spiro atoms. The summed E-state index contributed by atoms with van der Waals surface area (Å²) in [5.74, 6) is 2.10. The highest BCUT2D eigenvalue weighted by molar-refractivity contribution is 5.46. The highest BCUT2D eigenvalue weighted by Crippen LogP contribution is 2.36. The summed E-state index contributed by atoms with van der Waals surface area (Å²) in [7, 11) is 4.23. The minimum Gasteiger partial charge on any atom is -0.486 e. The monoisotopic (exact) mass is 297 g/mol. The lowest BCUT2D eigenvalue weighted by atomic mass is 9.88. The van der Waals surface area contributed by atoms with Gasteiger partial charge in [0, 0.05) is 5.92 Å². The van der Waals surface area contributed by atoms with Gasteiger partial charge in [0.15, 0.2) is 11.5 Å². The lowest BCUT2D eigenvalue weighted by molar-refractivity contribution is 0.171. The summed E-state index contributed by atoms with van der Waals surface area (Å²) in [4.78, 5) is 2.23. The first-order valence-corrected chi connectivity index (χ1v) is 7.83. The van der Waals surface area contributed by atoms with Crippen LogP contribution in [0.5, 0.6) is 11.5 Å². The Kier molecular flexibility index (Phi) is 4.64. The number of rotatable bonds is 5. The standard InChI is InChI=1S/C19H23NO2/c1-20(2)11-10-17(15-6-4-3-5-7-15)16-8-9-18-19(14-16)22-13-12-21-18/h3-9,14,17H,10-13H2,1-2H3. The van der Waals surface area contributed by atoms with Gasteiger partial charge in [-0.15, -0.1) is 0 Å². The van der Waals surface area contributed by atoms with Crippen molar-refractivity contribution in [3.05, 3.63) is 59.7 Å². The minimum absolute atomic E-state index is 0.374. The first-order chi connectivity index (χ1) is 10.7. The molecule has 1 aliphatic heterocycles. The summed E-state index contributed by atoms with van der Waals surface area (Å²) < 4.78 is 11.4. The first kappa shape index (κ1) is 14.9. The molecule has 3 heteroatoms. The molecule has 2 aromatic carbocycles. The predicted molar refractivity (Wildman–Crippen MR) is 88.9 cm³/mol. The average molecular weight is 297 g/mol. The molecule has 0 amide bonds. The summed E-state index contributed by atoms with van der Waals surface area (Å²) in [6.45, 7) is 2.31. The lowest BCUT2D eigenvalue weighted by Gasteiger charge is -2.23. The largest absolute Gasteiger partial charge is 0.486 e. The zero-order valence-corrected chi connectivity index (χ0v) is 13.3. The van der Waals surface area contributed by atoms with E-state index >= 15 is 0 Å². The van der Waals surface area contributed by atoms with E-state index in [2.05, 4.69) is 61.5 Å². The maximum Gasteiger partial charge on any atom is 0.161 e. The lowest BCUT2D eigenvalue weighted by Crippen LogP contribution is -2.18. The predicted octanol–water partition coefficient (Wildman–Crippen LogP) is 3.54. The van der Waals surface area contributed by atoms with Crippen molar-refractivity contribution in [3.8, 4) is 11.5 Å². The number of fused-ring (bicyclic) bond motifs is 1. The van der Waals surface area contributed by atoms with Gasteiger partial charge in [0.25, 0.3) is 0 Å². The van der Waals surface area contributed by atoms with Gasteiger partial charge in [0.1, 0.15) is 13.2 Å². The zero-order valence-electron chi connectivity index (χ0n) is 13.3. The Balaban J connectivity index is 1.91. The topological polar surface area (TPSA) is 21.7 Å². The second kappa shape index (κ2) is 6.84. The molecule has 0 N–H and O–H groups in total. The molecule has 116 valence electrons. The Morgan fingerprint density at radius 2 is 1.64 bits per heavy atom. The fraction of sp³-hybridized carbons (Fsp3) is 0.368. The van der Waals surface area contributed by atoms with E-state index in [0.29, 0.717) is 19.1 Å². The SMILES string of the molecule is CN(C)CCC(c1ccccc1)c1ccc2c(c1)OCCO2. The molecule has 3 nitrogen and oxygen atoms in total. The summed E-state index contributed by atoms with van der Waals surface area (Å²) in [5, 5.41) is 0. The van der Waals surface area contributed by atoms with Crippen molar-refractivity contribution in [2.75, 3.05) is 33.9 Å². The van der Waals surface area contributed by atoms with Crippen LogP contribution in [0.3, 0.4) is 0 Å². The molecule has 0 radical (unpaired) electrons. The van der Waals surface area contributed by atoms with Crippen LogP contribution in [0.2, 0.25) is 0 Å². The van der Waals surface area contributed by atoms with Gasteiger partial charge in [-0.3, -0.25) is 0 Å². The first-order valence-electron chi connectivity index (χ1n) is 7.83. The van der Waals surface area contributed by atoms with Crippen molar-refractivity contribution in [1.82, 2.24) is 4.90 Å². The molecule has 0 aromatic heterocycles. The molecule has 1 heterocycles. The van der Waals surface area contributed by atoms with Gasteiger partial charge in [0.2, 0.25) is 0 Å². The molecule has 0 aliphatic carbocycles. The van der Waals surface area contributed by atoms with E-state index in [0.717, 1.165) is 24.5 Å². The molecule has 0 fully saturated rings. The fourth-order valence-electron chi connectivity index (χ4n) is 2.88. The van der Waals surface area contributed by atoms with Crippen molar-refractivity contribution in [1.29, 1.82) is 0 Å². The molecule has 2 aromatic rings. The number of benzene rings is 2. The van der Waals surface area contributed by atoms with E-state index in [9.17, 15) is 0 Å². The summed E-state index contributed by atoms with van der Waals surface area (Å²) in [5.41, 5.74) is 2.64. The second-order valence-electron chi connectivity index (χ2n) is 5.96. The number of ether oxygens (including phenoxy) is 2. The molecule has 3 rings (SSSR count). The highest BCUT2D eigenvalue weighted by atomic mass is 16.6. The normalized spacial score (nSPS) is 14.9.